The molecule has 0 N–H and O–H groups in total. The average Bonchev–Trinajstić information content (AvgIpc) is 2.33. The molecule has 3 heteroatoms. The van der Waals surface area contributed by atoms with Crippen molar-refractivity contribution >= 4 is 5.78 Å². The Morgan fingerprint density at radius 1 is 1.58 bits per heavy atom. The Bertz CT molecular complexity index is 327. The molecule has 12 heavy (non-hydrogen) atoms. The van der Waals surface area contributed by atoms with E-state index in [1.54, 1.807) is 6.20 Å². The molecule has 2 rings (SSSR count). The molecule has 0 aromatic carbocycles. The third kappa shape index (κ3) is 0.967. The predicted molar refractivity (Wildman–Crippen MR) is 45.0 cm³/mol. The summed E-state index contributed by atoms with van der Waals surface area (Å²) in [7, 11) is 1.89. The van der Waals surface area contributed by atoms with Crippen molar-refractivity contribution in [2.24, 2.45) is 13.0 Å². The normalized spacial score (nSPS) is 22.5. The van der Waals surface area contributed by atoms with E-state index in [2.05, 4.69) is 12.0 Å². The van der Waals surface area contributed by atoms with Crippen LogP contribution in [0.25, 0.3) is 0 Å². The molecule has 0 aliphatic heterocycles. The van der Waals surface area contributed by atoms with Gasteiger partial charge in [0, 0.05) is 19.2 Å². The molecule has 0 fully saturated rings. The lowest BCUT2D eigenvalue weighted by atomic mass is 9.88. The minimum absolute atomic E-state index is 0.247. The van der Waals surface area contributed by atoms with Crippen LogP contribution in [0, 0.1) is 5.92 Å². The molecule has 0 saturated heterocycles. The van der Waals surface area contributed by atoms with Gasteiger partial charge in [-0.1, -0.05) is 6.92 Å². The topological polar surface area (TPSA) is 34.9 Å². The van der Waals surface area contributed by atoms with Crippen LogP contribution in [0.5, 0.6) is 0 Å². The van der Waals surface area contributed by atoms with Crippen LogP contribution in [0.15, 0.2) is 6.20 Å². The zero-order valence-electron chi connectivity index (χ0n) is 7.37. The van der Waals surface area contributed by atoms with Gasteiger partial charge in [0.15, 0.2) is 5.78 Å². The van der Waals surface area contributed by atoms with Crippen LogP contribution in [0.3, 0.4) is 0 Å². The molecule has 64 valence electrons. The van der Waals surface area contributed by atoms with Crippen molar-refractivity contribution in [2.45, 2.75) is 19.8 Å². The number of hydrogen-bond donors (Lipinski definition) is 0. The van der Waals surface area contributed by atoms with Gasteiger partial charge < -0.3 is 0 Å². The standard InChI is InChI=1S/C9H12N2O/c1-6-3-8-7(9(12)4-6)5-10-11(8)2/h5-6H,3-4H2,1-2H3. The smallest absolute Gasteiger partial charge is 0.166 e. The van der Waals surface area contributed by atoms with Gasteiger partial charge in [-0.2, -0.15) is 5.10 Å². The van der Waals surface area contributed by atoms with Gasteiger partial charge in [-0.05, 0) is 12.3 Å². The highest BCUT2D eigenvalue weighted by molar-refractivity contribution is 5.98. The Morgan fingerprint density at radius 2 is 2.33 bits per heavy atom. The fourth-order valence-corrected chi connectivity index (χ4v) is 1.77. The Balaban J connectivity index is 2.50. The number of rotatable bonds is 0. The second-order valence-corrected chi connectivity index (χ2v) is 3.57. The first-order valence-corrected chi connectivity index (χ1v) is 4.22. The van der Waals surface area contributed by atoms with Gasteiger partial charge in [0.1, 0.15) is 0 Å². The van der Waals surface area contributed by atoms with Gasteiger partial charge >= 0.3 is 0 Å². The third-order valence-corrected chi connectivity index (χ3v) is 2.44. The van der Waals surface area contributed by atoms with Gasteiger partial charge in [-0.25, -0.2) is 0 Å². The quantitative estimate of drug-likeness (QED) is 0.577. The van der Waals surface area contributed by atoms with E-state index in [1.807, 2.05) is 11.7 Å². The lowest BCUT2D eigenvalue weighted by Gasteiger charge is -2.17. The Hall–Kier alpha value is -1.12. The summed E-state index contributed by atoms with van der Waals surface area (Å²) in [4.78, 5) is 11.5. The molecule has 0 radical (unpaired) electrons. The number of carbonyl (C=O) groups excluding carboxylic acids is 1. The highest BCUT2D eigenvalue weighted by Gasteiger charge is 2.24. The number of hydrogen-bond acceptors (Lipinski definition) is 2. The number of Topliss-reactive ketones (excluding diaryl/α,β-unsaturated/α-hetero) is 1. The second-order valence-electron chi connectivity index (χ2n) is 3.57. The molecule has 1 aliphatic rings. The van der Waals surface area contributed by atoms with Crippen molar-refractivity contribution < 1.29 is 4.79 Å². The number of ketones is 1. The van der Waals surface area contributed by atoms with Crippen molar-refractivity contribution in [3.8, 4) is 0 Å². The number of aromatic nitrogens is 2. The van der Waals surface area contributed by atoms with E-state index in [0.29, 0.717) is 12.3 Å². The highest BCUT2D eigenvalue weighted by atomic mass is 16.1. The van der Waals surface area contributed by atoms with E-state index in [0.717, 1.165) is 17.7 Å². The maximum absolute atomic E-state index is 11.5. The summed E-state index contributed by atoms with van der Waals surface area (Å²) in [5.74, 6) is 0.720. The number of nitrogens with zero attached hydrogens (tertiary/aromatic N) is 2. The number of fused-ring (bicyclic) bond motifs is 1. The molecule has 0 bridgehead atoms. The van der Waals surface area contributed by atoms with Crippen molar-refractivity contribution in [1.29, 1.82) is 0 Å². The monoisotopic (exact) mass is 164 g/mol. The van der Waals surface area contributed by atoms with Crippen molar-refractivity contribution in [1.82, 2.24) is 9.78 Å². The molecule has 1 aromatic heterocycles. The van der Waals surface area contributed by atoms with Gasteiger partial charge in [-0.3, -0.25) is 9.48 Å². The van der Waals surface area contributed by atoms with Crippen LogP contribution < -0.4 is 0 Å². The maximum atomic E-state index is 11.5. The van der Waals surface area contributed by atoms with Crippen LogP contribution in [0.4, 0.5) is 0 Å². The van der Waals surface area contributed by atoms with Gasteiger partial charge in [-0.15, -0.1) is 0 Å². The molecule has 1 aromatic rings. The predicted octanol–water partition coefficient (Wildman–Crippen LogP) is 1.19. The summed E-state index contributed by atoms with van der Waals surface area (Å²) < 4.78 is 1.81. The molecular formula is C9H12N2O. The van der Waals surface area contributed by atoms with E-state index in [-0.39, 0.29) is 5.78 Å². The zero-order chi connectivity index (χ0) is 8.72. The second kappa shape index (κ2) is 2.44. The lowest BCUT2D eigenvalue weighted by Crippen LogP contribution is -2.18. The molecule has 1 aliphatic carbocycles. The summed E-state index contributed by atoms with van der Waals surface area (Å²) in [6, 6.07) is 0. The summed E-state index contributed by atoms with van der Waals surface area (Å²) >= 11 is 0. The number of aryl methyl sites for hydroxylation is 1. The third-order valence-electron chi connectivity index (χ3n) is 2.44. The van der Waals surface area contributed by atoms with E-state index >= 15 is 0 Å². The van der Waals surface area contributed by atoms with Crippen LogP contribution >= 0.6 is 0 Å². The molecule has 0 saturated carbocycles. The first-order chi connectivity index (χ1) is 5.68. The Labute approximate surface area is 71.4 Å². The van der Waals surface area contributed by atoms with E-state index in [4.69, 9.17) is 0 Å². The molecule has 1 atom stereocenters. The fraction of sp³-hybridized carbons (Fsp3) is 0.556. The SMILES string of the molecule is CC1CC(=O)c2cnn(C)c2C1. The van der Waals surface area contributed by atoms with E-state index in [9.17, 15) is 4.79 Å². The minimum atomic E-state index is 0.247. The molecule has 3 nitrogen and oxygen atoms in total. The molecule has 1 heterocycles. The minimum Gasteiger partial charge on any atom is -0.294 e. The largest absolute Gasteiger partial charge is 0.294 e. The zero-order valence-corrected chi connectivity index (χ0v) is 7.37. The van der Waals surface area contributed by atoms with Gasteiger partial charge in [0.2, 0.25) is 0 Å². The van der Waals surface area contributed by atoms with Gasteiger partial charge in [0.25, 0.3) is 0 Å². The van der Waals surface area contributed by atoms with Crippen LogP contribution in [0.2, 0.25) is 0 Å². The molecular weight excluding hydrogens is 152 g/mol. The van der Waals surface area contributed by atoms with E-state index in [1.165, 1.54) is 0 Å². The first-order valence-electron chi connectivity index (χ1n) is 4.22. The molecule has 1 unspecified atom stereocenters. The summed E-state index contributed by atoms with van der Waals surface area (Å²) in [5, 5.41) is 4.08. The first kappa shape index (κ1) is 7.53. The summed E-state index contributed by atoms with van der Waals surface area (Å²) in [5.41, 5.74) is 1.93. The van der Waals surface area contributed by atoms with Crippen molar-refractivity contribution in [2.75, 3.05) is 0 Å². The average molecular weight is 164 g/mol. The number of carbonyl (C=O) groups is 1. The Kier molecular flexibility index (Phi) is 1.53. The van der Waals surface area contributed by atoms with Gasteiger partial charge in [0.05, 0.1) is 11.8 Å². The fourth-order valence-electron chi connectivity index (χ4n) is 1.77. The lowest BCUT2D eigenvalue weighted by molar-refractivity contribution is 0.0952. The summed E-state index contributed by atoms with van der Waals surface area (Å²) in [6.45, 7) is 2.10. The highest BCUT2D eigenvalue weighted by Crippen LogP contribution is 2.24. The molecule has 0 spiro atoms. The van der Waals surface area contributed by atoms with Crippen LogP contribution in [-0.2, 0) is 13.5 Å². The molecule has 0 amide bonds. The van der Waals surface area contributed by atoms with Crippen LogP contribution in [-0.4, -0.2) is 15.6 Å². The maximum Gasteiger partial charge on any atom is 0.166 e. The summed E-state index contributed by atoms with van der Waals surface area (Å²) in [6.07, 6.45) is 3.35. The Morgan fingerprint density at radius 3 is 3.08 bits per heavy atom. The van der Waals surface area contributed by atoms with Crippen LogP contribution in [0.1, 0.15) is 29.4 Å². The van der Waals surface area contributed by atoms with Crippen molar-refractivity contribution in [3.05, 3.63) is 17.5 Å². The van der Waals surface area contributed by atoms with Crippen molar-refractivity contribution in [3.63, 3.8) is 0 Å². The van der Waals surface area contributed by atoms with E-state index < -0.39 is 0 Å².